The van der Waals surface area contributed by atoms with Gasteiger partial charge in [-0.05, 0) is 38.8 Å². The first-order valence-corrected chi connectivity index (χ1v) is 6.41. The van der Waals surface area contributed by atoms with Gasteiger partial charge in [0.25, 0.3) is 0 Å². The number of hydrogen-bond donors (Lipinski definition) is 3. The smallest absolute Gasteiger partial charge is 0.326 e. The standard InChI is InChI=1S/C13H22N2O3/c1-3-5-10(11(16)17)15-12(18)13(4-2)6-8-14-9-7-13/h3,10,14H,1,4-9H2,2H3,(H,15,18)(H,16,17). The minimum Gasteiger partial charge on any atom is -0.480 e. The van der Waals surface area contributed by atoms with Crippen molar-refractivity contribution in [3.8, 4) is 0 Å². The second-order valence-corrected chi connectivity index (χ2v) is 4.77. The molecule has 18 heavy (non-hydrogen) atoms. The summed E-state index contributed by atoms with van der Waals surface area (Å²) >= 11 is 0. The van der Waals surface area contributed by atoms with Crippen LogP contribution in [-0.2, 0) is 9.59 Å². The lowest BCUT2D eigenvalue weighted by molar-refractivity contribution is -0.144. The van der Waals surface area contributed by atoms with Gasteiger partial charge in [0.2, 0.25) is 5.91 Å². The normalized spacial score (nSPS) is 19.8. The molecule has 5 heteroatoms. The molecule has 0 bridgehead atoms. The fraction of sp³-hybridized carbons (Fsp3) is 0.692. The van der Waals surface area contributed by atoms with E-state index in [1.54, 1.807) is 0 Å². The zero-order valence-electron chi connectivity index (χ0n) is 10.9. The third-order valence-corrected chi connectivity index (χ3v) is 3.72. The Morgan fingerprint density at radius 1 is 1.50 bits per heavy atom. The van der Waals surface area contributed by atoms with Crippen molar-refractivity contribution in [1.29, 1.82) is 0 Å². The topological polar surface area (TPSA) is 78.4 Å². The highest BCUT2D eigenvalue weighted by Gasteiger charge is 2.39. The first-order valence-electron chi connectivity index (χ1n) is 6.41. The van der Waals surface area contributed by atoms with E-state index < -0.39 is 17.4 Å². The molecule has 0 aliphatic carbocycles. The largest absolute Gasteiger partial charge is 0.480 e. The zero-order chi connectivity index (χ0) is 13.6. The molecule has 1 rings (SSSR count). The van der Waals surface area contributed by atoms with E-state index >= 15 is 0 Å². The second-order valence-electron chi connectivity index (χ2n) is 4.77. The van der Waals surface area contributed by atoms with Gasteiger partial charge in [0.15, 0.2) is 0 Å². The van der Waals surface area contributed by atoms with Gasteiger partial charge in [-0.2, -0.15) is 0 Å². The van der Waals surface area contributed by atoms with E-state index in [1.807, 2.05) is 6.92 Å². The van der Waals surface area contributed by atoms with Crippen LogP contribution in [-0.4, -0.2) is 36.1 Å². The van der Waals surface area contributed by atoms with E-state index in [2.05, 4.69) is 17.2 Å². The maximum atomic E-state index is 12.3. The highest BCUT2D eigenvalue weighted by Crippen LogP contribution is 2.32. The Bertz CT molecular complexity index is 322. The molecule has 3 N–H and O–H groups in total. The van der Waals surface area contributed by atoms with Gasteiger partial charge in [-0.3, -0.25) is 4.79 Å². The minimum atomic E-state index is -1.01. The summed E-state index contributed by atoms with van der Waals surface area (Å²) in [4.78, 5) is 23.3. The van der Waals surface area contributed by atoms with Gasteiger partial charge < -0.3 is 15.7 Å². The summed E-state index contributed by atoms with van der Waals surface area (Å²) in [6.07, 6.45) is 4.02. The van der Waals surface area contributed by atoms with Gasteiger partial charge in [0.1, 0.15) is 6.04 Å². The molecule has 1 amide bonds. The molecule has 5 nitrogen and oxygen atoms in total. The number of carboxylic acid groups (broad SMARTS) is 1. The lowest BCUT2D eigenvalue weighted by Gasteiger charge is -2.36. The lowest BCUT2D eigenvalue weighted by Crippen LogP contribution is -2.51. The second kappa shape index (κ2) is 6.54. The van der Waals surface area contributed by atoms with Crippen LogP contribution >= 0.6 is 0 Å². The first-order chi connectivity index (χ1) is 8.55. The lowest BCUT2D eigenvalue weighted by atomic mass is 9.75. The molecule has 0 radical (unpaired) electrons. The molecule has 1 atom stereocenters. The molecule has 1 unspecified atom stereocenters. The van der Waals surface area contributed by atoms with Crippen LogP contribution in [0.15, 0.2) is 12.7 Å². The molecule has 102 valence electrons. The van der Waals surface area contributed by atoms with Crippen molar-refractivity contribution in [2.24, 2.45) is 5.41 Å². The predicted molar refractivity (Wildman–Crippen MR) is 69.2 cm³/mol. The van der Waals surface area contributed by atoms with Gasteiger partial charge in [-0.25, -0.2) is 4.79 Å². The number of nitrogens with one attached hydrogen (secondary N) is 2. The summed E-state index contributed by atoms with van der Waals surface area (Å²) in [5.41, 5.74) is -0.417. The van der Waals surface area contributed by atoms with Crippen LogP contribution < -0.4 is 10.6 Å². The van der Waals surface area contributed by atoms with E-state index in [9.17, 15) is 9.59 Å². The van der Waals surface area contributed by atoms with Crippen molar-refractivity contribution in [2.75, 3.05) is 13.1 Å². The van der Waals surface area contributed by atoms with Crippen LogP contribution in [0.25, 0.3) is 0 Å². The van der Waals surface area contributed by atoms with Crippen molar-refractivity contribution >= 4 is 11.9 Å². The van der Waals surface area contributed by atoms with Crippen molar-refractivity contribution in [3.63, 3.8) is 0 Å². The summed E-state index contributed by atoms with van der Waals surface area (Å²) in [6.45, 7) is 7.11. The number of carbonyl (C=O) groups is 2. The Hall–Kier alpha value is -1.36. The average molecular weight is 254 g/mol. The SMILES string of the molecule is C=CCC(NC(=O)C1(CC)CCNCC1)C(=O)O. The Kier molecular flexibility index (Phi) is 5.34. The molecule has 1 aliphatic rings. The van der Waals surface area contributed by atoms with Crippen LogP contribution in [0.1, 0.15) is 32.6 Å². The third-order valence-electron chi connectivity index (χ3n) is 3.72. The molecule has 0 saturated carbocycles. The van der Waals surface area contributed by atoms with Crippen molar-refractivity contribution in [3.05, 3.63) is 12.7 Å². The van der Waals surface area contributed by atoms with Crippen molar-refractivity contribution in [1.82, 2.24) is 10.6 Å². The van der Waals surface area contributed by atoms with Gasteiger partial charge in [-0.1, -0.05) is 13.0 Å². The average Bonchev–Trinajstić information content (AvgIpc) is 2.38. The molecule has 0 spiro atoms. The van der Waals surface area contributed by atoms with Crippen LogP contribution in [0.4, 0.5) is 0 Å². The molecule has 1 aliphatic heterocycles. The van der Waals surface area contributed by atoms with E-state index in [4.69, 9.17) is 5.11 Å². The van der Waals surface area contributed by atoms with Crippen LogP contribution in [0.3, 0.4) is 0 Å². The zero-order valence-corrected chi connectivity index (χ0v) is 10.9. The molecular weight excluding hydrogens is 232 g/mol. The molecular formula is C13H22N2O3. The molecule has 1 heterocycles. The van der Waals surface area contributed by atoms with E-state index in [1.165, 1.54) is 6.08 Å². The highest BCUT2D eigenvalue weighted by molar-refractivity contribution is 5.87. The molecule has 0 aromatic rings. The Morgan fingerprint density at radius 3 is 2.56 bits per heavy atom. The number of hydrogen-bond acceptors (Lipinski definition) is 3. The first kappa shape index (κ1) is 14.7. The highest BCUT2D eigenvalue weighted by atomic mass is 16.4. The van der Waals surface area contributed by atoms with Gasteiger partial charge in [0, 0.05) is 0 Å². The summed E-state index contributed by atoms with van der Waals surface area (Å²) < 4.78 is 0. The number of carboxylic acids is 1. The number of amides is 1. The van der Waals surface area contributed by atoms with Crippen molar-refractivity contribution in [2.45, 2.75) is 38.6 Å². The quantitative estimate of drug-likeness (QED) is 0.616. The molecule has 0 aromatic heterocycles. The summed E-state index contributed by atoms with van der Waals surface area (Å²) in [6, 6.07) is -0.867. The van der Waals surface area contributed by atoms with Gasteiger partial charge in [-0.15, -0.1) is 6.58 Å². The fourth-order valence-corrected chi connectivity index (χ4v) is 2.35. The third kappa shape index (κ3) is 3.32. The monoisotopic (exact) mass is 254 g/mol. The fourth-order valence-electron chi connectivity index (χ4n) is 2.35. The molecule has 1 saturated heterocycles. The van der Waals surface area contributed by atoms with Crippen LogP contribution in [0.2, 0.25) is 0 Å². The number of rotatable bonds is 6. The predicted octanol–water partition coefficient (Wildman–Crippen LogP) is 0.912. The van der Waals surface area contributed by atoms with Crippen molar-refractivity contribution < 1.29 is 14.7 Å². The number of carbonyl (C=O) groups excluding carboxylic acids is 1. The van der Waals surface area contributed by atoms with Gasteiger partial charge in [0.05, 0.1) is 5.41 Å². The van der Waals surface area contributed by atoms with Crippen LogP contribution in [0, 0.1) is 5.41 Å². The maximum absolute atomic E-state index is 12.3. The maximum Gasteiger partial charge on any atom is 0.326 e. The van der Waals surface area contributed by atoms with Gasteiger partial charge >= 0.3 is 5.97 Å². The minimum absolute atomic E-state index is 0.138. The van der Waals surface area contributed by atoms with E-state index in [0.29, 0.717) is 0 Å². The number of piperidine rings is 1. The molecule has 1 fully saturated rings. The molecule has 0 aromatic carbocycles. The summed E-state index contributed by atoms with van der Waals surface area (Å²) in [5.74, 6) is -1.15. The Labute approximate surface area is 108 Å². The Balaban J connectivity index is 2.71. The van der Waals surface area contributed by atoms with E-state index in [-0.39, 0.29) is 12.3 Å². The Morgan fingerprint density at radius 2 is 2.11 bits per heavy atom. The van der Waals surface area contributed by atoms with Crippen LogP contribution in [0.5, 0.6) is 0 Å². The van der Waals surface area contributed by atoms with E-state index in [0.717, 1.165) is 32.4 Å². The number of aliphatic carboxylic acids is 1. The summed E-state index contributed by atoms with van der Waals surface area (Å²) in [7, 11) is 0. The summed E-state index contributed by atoms with van der Waals surface area (Å²) in [5, 5.41) is 14.9.